The molecule has 1 atom stereocenters. The highest BCUT2D eigenvalue weighted by molar-refractivity contribution is 9.10. The first kappa shape index (κ1) is 29.0. The number of fused-ring (bicyclic) bond motifs is 1. The highest BCUT2D eigenvalue weighted by atomic mass is 79.9. The van der Waals surface area contributed by atoms with Crippen LogP contribution in [0.1, 0.15) is 48.5 Å². The number of rotatable bonds is 10. The number of carboxylic acids is 1. The lowest BCUT2D eigenvalue weighted by Gasteiger charge is -2.33. The van der Waals surface area contributed by atoms with Gasteiger partial charge >= 0.3 is 5.97 Å². The summed E-state index contributed by atoms with van der Waals surface area (Å²) in [4.78, 5) is 29.6. The van der Waals surface area contributed by atoms with Crippen LogP contribution in [0.3, 0.4) is 0 Å². The molecule has 2 heterocycles. The van der Waals surface area contributed by atoms with Gasteiger partial charge in [-0.05, 0) is 71.1 Å². The van der Waals surface area contributed by atoms with E-state index in [1.165, 1.54) is 12.1 Å². The lowest BCUT2D eigenvalue weighted by Crippen LogP contribution is -2.41. The van der Waals surface area contributed by atoms with Crippen LogP contribution in [0.4, 0.5) is 0 Å². The van der Waals surface area contributed by atoms with E-state index in [1.807, 2.05) is 23.1 Å². The summed E-state index contributed by atoms with van der Waals surface area (Å²) in [5.41, 5.74) is 2.33. The Morgan fingerprint density at radius 3 is 2.47 bits per heavy atom. The lowest BCUT2D eigenvalue weighted by atomic mass is 10.0. The number of hydrogen-bond acceptors (Lipinski definition) is 7. The first-order valence-corrected chi connectivity index (χ1v) is 16.4. The number of nitrogens with one attached hydrogen (secondary N) is 1. The molecule has 2 aliphatic rings. The van der Waals surface area contributed by atoms with Crippen LogP contribution in [-0.2, 0) is 21.4 Å². The highest BCUT2D eigenvalue weighted by Crippen LogP contribution is 2.41. The summed E-state index contributed by atoms with van der Waals surface area (Å²) in [6, 6.07) is 20.4. The fourth-order valence-electron chi connectivity index (χ4n) is 5.57. The number of aliphatic carboxylic acids is 1. The number of carbonyl (C=O) groups is 2. The Bertz CT molecular complexity index is 1850. The van der Waals surface area contributed by atoms with Gasteiger partial charge in [0.25, 0.3) is 15.9 Å². The predicted octanol–water partition coefficient (Wildman–Crippen LogP) is 6.31. The van der Waals surface area contributed by atoms with E-state index in [9.17, 15) is 23.1 Å². The zero-order chi connectivity index (χ0) is 30.3. The molecule has 0 spiro atoms. The van der Waals surface area contributed by atoms with Crippen molar-refractivity contribution in [2.75, 3.05) is 0 Å². The topological polar surface area (TPSA) is 120 Å². The van der Waals surface area contributed by atoms with Crippen LogP contribution in [0, 0.1) is 0 Å². The van der Waals surface area contributed by atoms with Gasteiger partial charge in [-0.1, -0.05) is 55.8 Å². The molecule has 1 saturated carbocycles. The molecule has 222 valence electrons. The van der Waals surface area contributed by atoms with Crippen molar-refractivity contribution >= 4 is 48.8 Å². The second-order valence-electron chi connectivity index (χ2n) is 10.8. The van der Waals surface area contributed by atoms with E-state index < -0.39 is 21.9 Å². The van der Waals surface area contributed by atoms with Gasteiger partial charge in [0.2, 0.25) is 0 Å². The molecule has 9 nitrogen and oxygen atoms in total. The molecule has 1 amide bonds. The van der Waals surface area contributed by atoms with Crippen molar-refractivity contribution in [1.82, 2.24) is 14.5 Å². The van der Waals surface area contributed by atoms with Gasteiger partial charge in [-0.15, -0.1) is 0 Å². The maximum Gasteiger partial charge on any atom is 0.353 e. The fourth-order valence-corrected chi connectivity index (χ4v) is 7.17. The molecule has 1 aliphatic heterocycles. The maximum absolute atomic E-state index is 13.2. The van der Waals surface area contributed by atoms with Crippen LogP contribution in [0.5, 0.6) is 0 Å². The number of benzene rings is 3. The molecule has 0 radical (unpaired) electrons. The van der Waals surface area contributed by atoms with Crippen molar-refractivity contribution in [2.24, 2.45) is 0 Å². The van der Waals surface area contributed by atoms with E-state index in [0.29, 0.717) is 39.7 Å². The summed E-state index contributed by atoms with van der Waals surface area (Å²) in [7, 11) is -4.08. The number of hydrogen-bond donors (Lipinski definition) is 2. The zero-order valence-electron chi connectivity index (χ0n) is 23.4. The van der Waals surface area contributed by atoms with Gasteiger partial charge in [0, 0.05) is 29.7 Å². The van der Waals surface area contributed by atoms with Gasteiger partial charge in [0.1, 0.15) is 23.2 Å². The molecule has 6 rings (SSSR count). The Kier molecular flexibility index (Phi) is 7.78. The Hall–Kier alpha value is -4.09. The molecule has 1 unspecified atom stereocenters. The minimum atomic E-state index is -4.08. The van der Waals surface area contributed by atoms with E-state index in [1.54, 1.807) is 48.7 Å². The van der Waals surface area contributed by atoms with Crippen molar-refractivity contribution in [3.8, 4) is 11.3 Å². The molecule has 1 fully saturated rings. The zero-order valence-corrected chi connectivity index (χ0v) is 25.8. The fraction of sp³-hybridized carbons (Fsp3) is 0.250. The van der Waals surface area contributed by atoms with E-state index >= 15 is 0 Å². The van der Waals surface area contributed by atoms with E-state index in [4.69, 9.17) is 4.42 Å². The molecule has 43 heavy (non-hydrogen) atoms. The highest BCUT2D eigenvalue weighted by Gasteiger charge is 2.41. The summed E-state index contributed by atoms with van der Waals surface area (Å²) >= 11 is 3.65. The van der Waals surface area contributed by atoms with Gasteiger partial charge in [-0.3, -0.25) is 4.79 Å². The van der Waals surface area contributed by atoms with E-state index in [2.05, 4.69) is 32.5 Å². The lowest BCUT2D eigenvalue weighted by molar-refractivity contribution is -0.134. The monoisotopic (exact) mass is 663 g/mol. The summed E-state index contributed by atoms with van der Waals surface area (Å²) in [5, 5.41) is 10.7. The van der Waals surface area contributed by atoms with Gasteiger partial charge in [0.15, 0.2) is 0 Å². The molecule has 11 heteroatoms. The summed E-state index contributed by atoms with van der Waals surface area (Å²) in [6.07, 6.45) is 5.72. The van der Waals surface area contributed by atoms with Crippen molar-refractivity contribution in [3.05, 3.63) is 100 Å². The average Bonchev–Trinajstić information content (AvgIpc) is 3.71. The molecule has 0 bridgehead atoms. The molecule has 3 aromatic carbocycles. The Balaban J connectivity index is 1.31. The maximum atomic E-state index is 13.2. The van der Waals surface area contributed by atoms with Crippen LogP contribution in [0.15, 0.2) is 98.5 Å². The molecular weight excluding hydrogens is 634 g/mol. The Morgan fingerprint density at radius 1 is 1.05 bits per heavy atom. The number of carbonyl (C=O) groups excluding carboxylic acids is 1. The molecule has 0 saturated heterocycles. The second-order valence-corrected chi connectivity index (χ2v) is 13.2. The third-order valence-electron chi connectivity index (χ3n) is 7.76. The van der Waals surface area contributed by atoms with Gasteiger partial charge < -0.3 is 19.3 Å². The molecular formula is C32H30BrN3O6S. The molecule has 2 N–H and O–H groups in total. The van der Waals surface area contributed by atoms with Gasteiger partial charge in [-0.25, -0.2) is 17.9 Å². The number of furan rings is 1. The van der Waals surface area contributed by atoms with Crippen LogP contribution >= 0.6 is 15.9 Å². The number of sulfonamides is 1. The van der Waals surface area contributed by atoms with Crippen molar-refractivity contribution in [3.63, 3.8) is 0 Å². The number of nitrogens with zero attached hydrogens (tertiary/aromatic N) is 2. The number of halogens is 1. The third kappa shape index (κ3) is 5.66. The van der Waals surface area contributed by atoms with Gasteiger partial charge in [-0.2, -0.15) is 0 Å². The van der Waals surface area contributed by atoms with Crippen LogP contribution < -0.4 is 4.72 Å². The minimum Gasteiger partial charge on any atom is -0.477 e. The van der Waals surface area contributed by atoms with E-state index in [0.717, 1.165) is 36.6 Å². The van der Waals surface area contributed by atoms with Crippen molar-refractivity contribution < 1.29 is 27.5 Å². The minimum absolute atomic E-state index is 0.0137. The predicted molar refractivity (Wildman–Crippen MR) is 165 cm³/mol. The summed E-state index contributed by atoms with van der Waals surface area (Å²) in [5.74, 6) is -1.34. The summed E-state index contributed by atoms with van der Waals surface area (Å²) in [6.45, 7) is 2.51. The average molecular weight is 665 g/mol. The van der Waals surface area contributed by atoms with Crippen LogP contribution in [0.25, 0.3) is 22.3 Å². The van der Waals surface area contributed by atoms with Crippen molar-refractivity contribution in [2.45, 2.75) is 56.3 Å². The SMILES string of the molecule is CCCC1N(Cc2ccc3oc(-c4ccccc4C(=O)NS(=O)(=O)c4ccccc4)c(Br)c3c2)C(C(=O)O)=CN1C1CC1. The smallest absolute Gasteiger partial charge is 0.353 e. The van der Waals surface area contributed by atoms with E-state index in [-0.39, 0.29) is 16.6 Å². The quantitative estimate of drug-likeness (QED) is 0.202. The largest absolute Gasteiger partial charge is 0.477 e. The third-order valence-corrected chi connectivity index (χ3v) is 9.90. The number of amides is 1. The molecule has 1 aromatic heterocycles. The summed E-state index contributed by atoms with van der Waals surface area (Å²) < 4.78 is 34.6. The first-order chi connectivity index (χ1) is 20.7. The van der Waals surface area contributed by atoms with Gasteiger partial charge in [0.05, 0.1) is 14.9 Å². The van der Waals surface area contributed by atoms with Crippen molar-refractivity contribution in [1.29, 1.82) is 0 Å². The van der Waals surface area contributed by atoms with Crippen LogP contribution in [0.2, 0.25) is 0 Å². The Morgan fingerprint density at radius 2 is 1.77 bits per heavy atom. The van der Waals surface area contributed by atoms with Crippen LogP contribution in [-0.4, -0.2) is 47.4 Å². The normalized spacial score (nSPS) is 16.9. The molecule has 1 aliphatic carbocycles. The Labute approximate surface area is 258 Å². The number of carboxylic acid groups (broad SMARTS) is 1. The second kappa shape index (κ2) is 11.5. The standard InChI is InChI=1S/C32H30BrN3O6S/c1-2-8-28-35(21-14-15-21)19-26(32(38)39)36(28)18-20-13-16-27-25(17-20)29(33)30(42-27)23-11-6-7-12-24(23)31(37)34-43(40,41)22-9-4-3-5-10-22/h3-7,9-13,16-17,19,21,28H,2,8,14-15,18H2,1H3,(H,34,37)(H,38,39). The molecule has 4 aromatic rings. The first-order valence-electron chi connectivity index (χ1n) is 14.1.